The number of hydrogen-bond acceptors (Lipinski definition) is 2. The summed E-state index contributed by atoms with van der Waals surface area (Å²) in [4.78, 5) is 3.34. The predicted molar refractivity (Wildman–Crippen MR) is 65.6 cm³/mol. The molecule has 1 N–H and O–H groups in total. The maximum Gasteiger partial charge on any atom is 0.433 e. The number of alkyl halides is 6. The molecule has 0 spiro atoms. The van der Waals surface area contributed by atoms with Gasteiger partial charge < -0.3 is 5.11 Å². The van der Waals surface area contributed by atoms with Gasteiger partial charge in [0.25, 0.3) is 0 Å². The molecule has 0 bridgehead atoms. The van der Waals surface area contributed by atoms with E-state index in [4.69, 9.17) is 5.11 Å². The zero-order valence-corrected chi connectivity index (χ0v) is 10.8. The summed E-state index contributed by atoms with van der Waals surface area (Å²) in [6, 6.07) is 5.59. The number of hydrogen-bond donors (Lipinski definition) is 1. The molecule has 0 saturated heterocycles. The molecule has 0 amide bonds. The summed E-state index contributed by atoms with van der Waals surface area (Å²) in [5, 5.41) is 9.01. The number of pyridine rings is 1. The highest BCUT2D eigenvalue weighted by Gasteiger charge is 2.34. The normalized spacial score (nSPS) is 12.5. The highest BCUT2D eigenvalue weighted by Crippen LogP contribution is 2.34. The third-order valence-electron chi connectivity index (χ3n) is 2.84. The van der Waals surface area contributed by atoms with Crippen LogP contribution in [0.15, 0.2) is 36.4 Å². The Labute approximate surface area is 121 Å². The zero-order valence-electron chi connectivity index (χ0n) is 10.8. The summed E-state index contributed by atoms with van der Waals surface area (Å²) in [6.45, 7) is -0.683. The van der Waals surface area contributed by atoms with E-state index in [9.17, 15) is 26.3 Å². The highest BCUT2D eigenvalue weighted by molar-refractivity contribution is 5.61. The van der Waals surface area contributed by atoms with Crippen molar-refractivity contribution in [3.8, 4) is 11.3 Å². The fraction of sp³-hybridized carbons (Fsp3) is 0.214. The van der Waals surface area contributed by atoms with Crippen molar-refractivity contribution in [2.24, 2.45) is 0 Å². The van der Waals surface area contributed by atoms with E-state index in [1.165, 1.54) is 6.07 Å². The zero-order chi connectivity index (χ0) is 16.5. The van der Waals surface area contributed by atoms with Crippen LogP contribution in [0.25, 0.3) is 11.3 Å². The van der Waals surface area contributed by atoms with Gasteiger partial charge in [0.2, 0.25) is 0 Å². The van der Waals surface area contributed by atoms with Crippen molar-refractivity contribution in [3.63, 3.8) is 0 Å². The van der Waals surface area contributed by atoms with Crippen LogP contribution in [-0.4, -0.2) is 10.1 Å². The molecule has 2 aromatic rings. The van der Waals surface area contributed by atoms with Crippen molar-refractivity contribution in [1.29, 1.82) is 0 Å². The summed E-state index contributed by atoms with van der Waals surface area (Å²) in [7, 11) is 0. The Morgan fingerprint density at radius 2 is 1.59 bits per heavy atom. The first-order valence-corrected chi connectivity index (χ1v) is 5.98. The Morgan fingerprint density at radius 1 is 0.909 bits per heavy atom. The Hall–Kier alpha value is -2.09. The number of aliphatic hydroxyl groups excluding tert-OH is 1. The molecule has 118 valence electrons. The second-order valence-electron chi connectivity index (χ2n) is 4.48. The number of nitrogens with zero attached hydrogens (tertiary/aromatic N) is 1. The molecule has 22 heavy (non-hydrogen) atoms. The van der Waals surface area contributed by atoms with Crippen LogP contribution in [0.3, 0.4) is 0 Å². The van der Waals surface area contributed by atoms with E-state index in [0.29, 0.717) is 12.1 Å². The van der Waals surface area contributed by atoms with E-state index >= 15 is 0 Å². The first-order valence-electron chi connectivity index (χ1n) is 5.98. The number of rotatable bonds is 2. The predicted octanol–water partition coefficient (Wildman–Crippen LogP) is 4.28. The maximum atomic E-state index is 12.7. The largest absolute Gasteiger partial charge is 0.433 e. The molecular formula is C14H9F6NO. The lowest BCUT2D eigenvalue weighted by atomic mass is 10.0. The summed E-state index contributed by atoms with van der Waals surface area (Å²) < 4.78 is 76.2. The number of aliphatic hydroxyl groups is 1. The number of halogens is 6. The first-order chi connectivity index (χ1) is 10.1. The lowest BCUT2D eigenvalue weighted by molar-refractivity contribution is -0.141. The van der Waals surface area contributed by atoms with Gasteiger partial charge in [-0.25, -0.2) is 4.98 Å². The Bertz CT molecular complexity index is 678. The van der Waals surface area contributed by atoms with Crippen molar-refractivity contribution < 1.29 is 31.4 Å². The quantitative estimate of drug-likeness (QED) is 0.838. The van der Waals surface area contributed by atoms with E-state index in [2.05, 4.69) is 4.98 Å². The Balaban J connectivity index is 2.57. The molecule has 2 rings (SSSR count). The average Bonchev–Trinajstić information content (AvgIpc) is 2.45. The van der Waals surface area contributed by atoms with Gasteiger partial charge in [0, 0.05) is 5.56 Å². The van der Waals surface area contributed by atoms with Crippen molar-refractivity contribution in [2.45, 2.75) is 19.0 Å². The molecule has 1 aromatic heterocycles. The van der Waals surface area contributed by atoms with Crippen molar-refractivity contribution in [2.75, 3.05) is 0 Å². The monoisotopic (exact) mass is 321 g/mol. The third kappa shape index (κ3) is 3.56. The standard InChI is InChI=1S/C14H9F6NO/c15-13(16,17)10-3-1-2-9(6-10)11-4-8(7-22)5-12(21-11)14(18,19)20/h1-6,22H,7H2. The van der Waals surface area contributed by atoms with Gasteiger partial charge in [-0.05, 0) is 29.8 Å². The summed E-state index contributed by atoms with van der Waals surface area (Å²) in [5.41, 5.74) is -2.75. The molecular weight excluding hydrogens is 312 g/mol. The van der Waals surface area contributed by atoms with Crippen LogP contribution in [0.5, 0.6) is 0 Å². The average molecular weight is 321 g/mol. The SMILES string of the molecule is OCc1cc(-c2cccc(C(F)(F)F)c2)nc(C(F)(F)F)c1. The minimum Gasteiger partial charge on any atom is -0.392 e. The molecule has 0 aliphatic heterocycles. The van der Waals surface area contributed by atoms with E-state index in [1.54, 1.807) is 0 Å². The molecule has 0 fully saturated rings. The molecule has 8 heteroatoms. The molecule has 1 aromatic carbocycles. The van der Waals surface area contributed by atoms with Gasteiger partial charge in [0.15, 0.2) is 0 Å². The third-order valence-corrected chi connectivity index (χ3v) is 2.84. The van der Waals surface area contributed by atoms with Crippen LogP contribution in [0.2, 0.25) is 0 Å². The lowest BCUT2D eigenvalue weighted by Gasteiger charge is -2.12. The van der Waals surface area contributed by atoms with Crippen LogP contribution >= 0.6 is 0 Å². The van der Waals surface area contributed by atoms with Crippen LogP contribution in [0.1, 0.15) is 16.8 Å². The van der Waals surface area contributed by atoms with E-state index in [1.807, 2.05) is 0 Å². The first kappa shape index (κ1) is 16.3. The van der Waals surface area contributed by atoms with Gasteiger partial charge in [-0.1, -0.05) is 12.1 Å². The van der Waals surface area contributed by atoms with Gasteiger partial charge in [-0.2, -0.15) is 26.3 Å². The molecule has 0 unspecified atom stereocenters. The van der Waals surface area contributed by atoms with Crippen LogP contribution in [-0.2, 0) is 19.0 Å². The smallest absolute Gasteiger partial charge is 0.392 e. The fourth-order valence-corrected chi connectivity index (χ4v) is 1.83. The van der Waals surface area contributed by atoms with E-state index in [0.717, 1.165) is 18.2 Å². The number of aromatic nitrogens is 1. The minimum absolute atomic E-state index is 0.0882. The van der Waals surface area contributed by atoms with Gasteiger partial charge >= 0.3 is 12.4 Å². The van der Waals surface area contributed by atoms with Crippen LogP contribution in [0.4, 0.5) is 26.3 Å². The molecule has 0 atom stereocenters. The Morgan fingerprint density at radius 3 is 2.14 bits per heavy atom. The van der Waals surface area contributed by atoms with Gasteiger partial charge in [0.1, 0.15) is 5.69 Å². The maximum absolute atomic E-state index is 12.7. The molecule has 2 nitrogen and oxygen atoms in total. The molecule has 0 aliphatic rings. The summed E-state index contributed by atoms with van der Waals surface area (Å²) >= 11 is 0. The Kier molecular flexibility index (Phi) is 4.15. The van der Waals surface area contributed by atoms with Gasteiger partial charge in [-0.3, -0.25) is 0 Å². The number of benzene rings is 1. The summed E-state index contributed by atoms with van der Waals surface area (Å²) in [5.74, 6) is 0. The molecule has 0 aliphatic carbocycles. The highest BCUT2D eigenvalue weighted by atomic mass is 19.4. The molecule has 0 saturated carbocycles. The second kappa shape index (κ2) is 5.60. The van der Waals surface area contributed by atoms with Crippen LogP contribution < -0.4 is 0 Å². The molecule has 0 radical (unpaired) electrons. The van der Waals surface area contributed by atoms with E-state index < -0.39 is 30.2 Å². The molecule has 1 heterocycles. The summed E-state index contributed by atoms with van der Waals surface area (Å²) in [6.07, 6.45) is -9.38. The van der Waals surface area contributed by atoms with Crippen LogP contribution in [0, 0.1) is 0 Å². The van der Waals surface area contributed by atoms with Crippen molar-refractivity contribution in [1.82, 2.24) is 4.98 Å². The second-order valence-corrected chi connectivity index (χ2v) is 4.48. The lowest BCUT2D eigenvalue weighted by Crippen LogP contribution is -2.10. The van der Waals surface area contributed by atoms with E-state index in [-0.39, 0.29) is 16.8 Å². The minimum atomic E-state index is -4.76. The van der Waals surface area contributed by atoms with Crippen molar-refractivity contribution in [3.05, 3.63) is 53.2 Å². The topological polar surface area (TPSA) is 33.1 Å². The van der Waals surface area contributed by atoms with Gasteiger partial charge in [-0.15, -0.1) is 0 Å². The fourth-order valence-electron chi connectivity index (χ4n) is 1.83. The van der Waals surface area contributed by atoms with Gasteiger partial charge in [0.05, 0.1) is 17.9 Å². The van der Waals surface area contributed by atoms with Crippen molar-refractivity contribution >= 4 is 0 Å².